The first kappa shape index (κ1) is 17.3. The van der Waals surface area contributed by atoms with Crippen molar-refractivity contribution in [2.45, 2.75) is 57.1 Å². The highest BCUT2D eigenvalue weighted by Gasteiger charge is 2.38. The second-order valence-corrected chi connectivity index (χ2v) is 7.18. The number of nitrogens with two attached hydrogens (primary N) is 1. The first-order valence-electron chi connectivity index (χ1n) is 8.86. The highest BCUT2D eigenvalue weighted by Crippen LogP contribution is 2.29. The standard InChI is InChI=1S/C16H23N5O5/c1-7-2-4-8(5-3-7)26-16-18-12(17)10-13(19-16)21(20-14(10)24)15-11(23)9(22)6-25-15/h7-9,11,15,22-23H,2-6H2,1H3,(H,20,24)(H2,17,18,19)/t7-,8-,9-,11-,15-/m1/s1. The van der Waals surface area contributed by atoms with Gasteiger partial charge in [-0.1, -0.05) is 6.92 Å². The first-order chi connectivity index (χ1) is 12.4. The number of fused-ring (bicyclic) bond motifs is 1. The van der Waals surface area contributed by atoms with Gasteiger partial charge in [-0.25, -0.2) is 4.68 Å². The van der Waals surface area contributed by atoms with Gasteiger partial charge >= 0.3 is 6.01 Å². The van der Waals surface area contributed by atoms with E-state index in [1.807, 2.05) is 0 Å². The van der Waals surface area contributed by atoms with Gasteiger partial charge in [-0.2, -0.15) is 9.97 Å². The molecule has 0 unspecified atom stereocenters. The molecule has 0 spiro atoms. The number of ether oxygens (including phenoxy) is 2. The molecule has 142 valence electrons. The number of aliphatic hydroxyl groups excluding tert-OH is 2. The van der Waals surface area contributed by atoms with Crippen LogP contribution in [-0.2, 0) is 4.74 Å². The van der Waals surface area contributed by atoms with Crippen molar-refractivity contribution in [3.63, 3.8) is 0 Å². The summed E-state index contributed by atoms with van der Waals surface area (Å²) in [5.74, 6) is 0.688. The van der Waals surface area contributed by atoms with Crippen LogP contribution >= 0.6 is 0 Å². The molecule has 2 aliphatic rings. The zero-order valence-electron chi connectivity index (χ0n) is 14.5. The van der Waals surface area contributed by atoms with Gasteiger partial charge in [-0.3, -0.25) is 9.89 Å². The molecular weight excluding hydrogens is 342 g/mol. The van der Waals surface area contributed by atoms with Crippen molar-refractivity contribution in [2.75, 3.05) is 12.3 Å². The second-order valence-electron chi connectivity index (χ2n) is 7.18. The Labute approximate surface area is 148 Å². The average molecular weight is 365 g/mol. The minimum absolute atomic E-state index is 0.00205. The van der Waals surface area contributed by atoms with Gasteiger partial charge in [-0.05, 0) is 31.6 Å². The second kappa shape index (κ2) is 6.53. The number of hydrogen-bond acceptors (Lipinski definition) is 8. The molecule has 10 nitrogen and oxygen atoms in total. The predicted molar refractivity (Wildman–Crippen MR) is 91.6 cm³/mol. The summed E-state index contributed by atoms with van der Waals surface area (Å²) in [6, 6.07) is 0.0929. The molecule has 4 rings (SSSR count). The number of aromatic nitrogens is 4. The smallest absolute Gasteiger partial charge is 0.320 e. The fraction of sp³-hybridized carbons (Fsp3) is 0.688. The summed E-state index contributed by atoms with van der Waals surface area (Å²) in [4.78, 5) is 20.7. The van der Waals surface area contributed by atoms with Crippen LogP contribution in [0.25, 0.3) is 11.0 Å². The highest BCUT2D eigenvalue weighted by molar-refractivity contribution is 5.85. The topological polar surface area (TPSA) is 149 Å². The Bertz CT molecular complexity index is 857. The molecule has 0 aromatic carbocycles. The maximum Gasteiger partial charge on any atom is 0.320 e. The van der Waals surface area contributed by atoms with Crippen molar-refractivity contribution in [3.05, 3.63) is 10.4 Å². The highest BCUT2D eigenvalue weighted by atomic mass is 16.5. The van der Waals surface area contributed by atoms with Crippen LogP contribution in [0.15, 0.2) is 4.79 Å². The molecule has 10 heteroatoms. The van der Waals surface area contributed by atoms with E-state index in [0.717, 1.165) is 25.7 Å². The van der Waals surface area contributed by atoms with Crippen molar-refractivity contribution in [1.29, 1.82) is 0 Å². The number of aromatic amines is 1. The lowest BCUT2D eigenvalue weighted by atomic mass is 9.89. The molecule has 2 aromatic rings. The van der Waals surface area contributed by atoms with E-state index in [0.29, 0.717) is 5.92 Å². The van der Waals surface area contributed by atoms with Crippen LogP contribution in [0.2, 0.25) is 0 Å². The maximum absolute atomic E-state index is 12.2. The van der Waals surface area contributed by atoms with Gasteiger partial charge in [0, 0.05) is 0 Å². The Morgan fingerprint density at radius 2 is 2.00 bits per heavy atom. The van der Waals surface area contributed by atoms with Gasteiger partial charge in [0.25, 0.3) is 5.56 Å². The zero-order valence-corrected chi connectivity index (χ0v) is 14.5. The average Bonchev–Trinajstić information content (AvgIpc) is 3.10. The third-order valence-corrected chi connectivity index (χ3v) is 5.19. The summed E-state index contributed by atoms with van der Waals surface area (Å²) in [7, 11) is 0. The molecule has 3 atom stereocenters. The minimum atomic E-state index is -1.19. The van der Waals surface area contributed by atoms with Crippen molar-refractivity contribution in [2.24, 2.45) is 5.92 Å². The fourth-order valence-corrected chi connectivity index (χ4v) is 3.60. The third-order valence-electron chi connectivity index (χ3n) is 5.19. The van der Waals surface area contributed by atoms with E-state index < -0.39 is 24.0 Å². The monoisotopic (exact) mass is 365 g/mol. The summed E-state index contributed by atoms with van der Waals surface area (Å²) >= 11 is 0. The number of nitrogens with one attached hydrogen (secondary N) is 1. The quantitative estimate of drug-likeness (QED) is 0.590. The van der Waals surface area contributed by atoms with Crippen molar-refractivity contribution < 1.29 is 19.7 Å². The SMILES string of the molecule is C[C@H]1CC[C@H](Oc2nc(N)c3c(=O)[nH]n([C@@H]4OC[C@@H](O)[C@H]4O)c3n2)CC1. The molecule has 0 radical (unpaired) electrons. The zero-order chi connectivity index (χ0) is 18.4. The van der Waals surface area contributed by atoms with Crippen LogP contribution in [-0.4, -0.2) is 54.9 Å². The molecule has 5 N–H and O–H groups in total. The lowest BCUT2D eigenvalue weighted by Gasteiger charge is -2.26. The Morgan fingerprint density at radius 1 is 1.27 bits per heavy atom. The number of hydrogen-bond donors (Lipinski definition) is 4. The molecule has 1 aliphatic carbocycles. The normalized spacial score (nSPS) is 32.2. The molecule has 0 amide bonds. The number of nitrogens with zero attached hydrogens (tertiary/aromatic N) is 3. The predicted octanol–water partition coefficient (Wildman–Crippen LogP) is -0.0901. The molecule has 1 saturated heterocycles. The maximum atomic E-state index is 12.2. The van der Waals surface area contributed by atoms with E-state index in [4.69, 9.17) is 15.2 Å². The molecule has 26 heavy (non-hydrogen) atoms. The third kappa shape index (κ3) is 2.93. The van der Waals surface area contributed by atoms with Crippen molar-refractivity contribution in [3.8, 4) is 6.01 Å². The van der Waals surface area contributed by atoms with Crippen molar-refractivity contribution in [1.82, 2.24) is 19.7 Å². The molecule has 1 aliphatic heterocycles. The van der Waals surface area contributed by atoms with Gasteiger partial charge in [0.05, 0.1) is 6.61 Å². The van der Waals surface area contributed by atoms with Crippen LogP contribution < -0.4 is 16.0 Å². The summed E-state index contributed by atoms with van der Waals surface area (Å²) < 4.78 is 12.5. The number of H-pyrrole nitrogens is 1. The summed E-state index contributed by atoms with van der Waals surface area (Å²) in [5, 5.41) is 22.4. The van der Waals surface area contributed by atoms with Gasteiger partial charge in [-0.15, -0.1) is 0 Å². The Balaban J connectivity index is 1.69. The van der Waals surface area contributed by atoms with Crippen LogP contribution in [0, 0.1) is 5.92 Å². The number of anilines is 1. The van der Waals surface area contributed by atoms with E-state index >= 15 is 0 Å². The van der Waals surface area contributed by atoms with E-state index in [1.165, 1.54) is 4.68 Å². The summed E-state index contributed by atoms with van der Waals surface area (Å²) in [6.07, 6.45) is 0.805. The van der Waals surface area contributed by atoms with E-state index in [1.54, 1.807) is 0 Å². The Morgan fingerprint density at radius 3 is 2.65 bits per heavy atom. The molecule has 1 saturated carbocycles. The van der Waals surface area contributed by atoms with Crippen molar-refractivity contribution >= 4 is 16.9 Å². The van der Waals surface area contributed by atoms with Crippen LogP contribution in [0.4, 0.5) is 5.82 Å². The molecule has 0 bridgehead atoms. The summed E-state index contributed by atoms with van der Waals surface area (Å²) in [6.45, 7) is 2.17. The molecular formula is C16H23N5O5. The molecule has 3 heterocycles. The van der Waals surface area contributed by atoms with Gasteiger partial charge in [0.15, 0.2) is 11.9 Å². The van der Waals surface area contributed by atoms with Crippen LogP contribution in [0.1, 0.15) is 38.8 Å². The van der Waals surface area contributed by atoms with E-state index in [-0.39, 0.29) is 35.6 Å². The van der Waals surface area contributed by atoms with Gasteiger partial charge in [0.1, 0.15) is 29.5 Å². The molecule has 2 fully saturated rings. The summed E-state index contributed by atoms with van der Waals surface area (Å²) in [5.41, 5.74) is 5.63. The van der Waals surface area contributed by atoms with Gasteiger partial charge in [0.2, 0.25) is 0 Å². The van der Waals surface area contributed by atoms with E-state index in [2.05, 4.69) is 22.0 Å². The largest absolute Gasteiger partial charge is 0.460 e. The Hall–Kier alpha value is -2.17. The molecule has 2 aromatic heterocycles. The minimum Gasteiger partial charge on any atom is -0.460 e. The van der Waals surface area contributed by atoms with Crippen LogP contribution in [0.3, 0.4) is 0 Å². The number of aliphatic hydroxyl groups is 2. The number of nitrogen functional groups attached to an aromatic ring is 1. The lowest BCUT2D eigenvalue weighted by Crippen LogP contribution is -2.29. The van der Waals surface area contributed by atoms with Gasteiger partial charge < -0.3 is 25.4 Å². The van der Waals surface area contributed by atoms with Crippen LogP contribution in [0.5, 0.6) is 6.01 Å². The lowest BCUT2D eigenvalue weighted by molar-refractivity contribution is -0.0235. The fourth-order valence-electron chi connectivity index (χ4n) is 3.60. The van der Waals surface area contributed by atoms with E-state index in [9.17, 15) is 15.0 Å². The Kier molecular flexibility index (Phi) is 4.33. The first-order valence-corrected chi connectivity index (χ1v) is 8.86. The number of rotatable bonds is 3.